The van der Waals surface area contributed by atoms with Crippen LogP contribution in [0, 0.1) is 0 Å². The van der Waals surface area contributed by atoms with Gasteiger partial charge in [-0.05, 0) is 20.3 Å². The summed E-state index contributed by atoms with van der Waals surface area (Å²) in [5.41, 5.74) is 5.91. The zero-order valence-corrected chi connectivity index (χ0v) is 10.3. The molecule has 1 aromatic heterocycles. The third kappa shape index (κ3) is 3.21. The lowest BCUT2D eigenvalue weighted by molar-refractivity contribution is 0.615. The van der Waals surface area contributed by atoms with Gasteiger partial charge in [-0.1, -0.05) is 11.6 Å². The van der Waals surface area contributed by atoms with Gasteiger partial charge in [0, 0.05) is 19.1 Å². The van der Waals surface area contributed by atoms with E-state index < -0.39 is 0 Å². The van der Waals surface area contributed by atoms with Gasteiger partial charge < -0.3 is 11.1 Å². The van der Waals surface area contributed by atoms with Gasteiger partial charge in [0.05, 0.1) is 11.9 Å². The van der Waals surface area contributed by atoms with Crippen molar-refractivity contribution in [3.05, 3.63) is 21.6 Å². The first-order chi connectivity index (χ1) is 7.56. The van der Waals surface area contributed by atoms with Crippen LogP contribution in [0.25, 0.3) is 0 Å². The average Bonchev–Trinajstić information content (AvgIpc) is 2.24. The lowest BCUT2D eigenvalue weighted by Crippen LogP contribution is -2.24. The Hall–Kier alpha value is -1.07. The fourth-order valence-corrected chi connectivity index (χ4v) is 1.46. The molecular formula is C10H17ClN4O. The number of aryl methyl sites for hydroxylation is 1. The van der Waals surface area contributed by atoms with Crippen LogP contribution < -0.4 is 16.6 Å². The van der Waals surface area contributed by atoms with Crippen LogP contribution in [-0.2, 0) is 6.54 Å². The minimum absolute atomic E-state index is 0.121. The van der Waals surface area contributed by atoms with E-state index in [0.717, 1.165) is 6.42 Å². The van der Waals surface area contributed by atoms with Crippen molar-refractivity contribution in [3.63, 3.8) is 0 Å². The van der Waals surface area contributed by atoms with Crippen LogP contribution in [0.2, 0.25) is 5.02 Å². The Labute approximate surface area is 99.6 Å². The quantitative estimate of drug-likeness (QED) is 0.813. The van der Waals surface area contributed by atoms with Crippen molar-refractivity contribution in [1.29, 1.82) is 0 Å². The molecule has 1 rings (SSSR count). The molecule has 1 aromatic rings. The summed E-state index contributed by atoms with van der Waals surface area (Å²) >= 11 is 5.93. The predicted molar refractivity (Wildman–Crippen MR) is 65.9 cm³/mol. The molecule has 0 bridgehead atoms. The summed E-state index contributed by atoms with van der Waals surface area (Å²) in [6.07, 6.45) is 2.38. The van der Waals surface area contributed by atoms with E-state index in [2.05, 4.69) is 10.4 Å². The van der Waals surface area contributed by atoms with E-state index in [-0.39, 0.29) is 16.6 Å². The molecule has 6 heteroatoms. The SMILES string of the molecule is CCn1ncc(NCCC(C)N)c(Cl)c1=O. The normalized spacial score (nSPS) is 12.5. The van der Waals surface area contributed by atoms with E-state index in [0.29, 0.717) is 18.8 Å². The molecule has 0 amide bonds. The van der Waals surface area contributed by atoms with Crippen molar-refractivity contribution in [3.8, 4) is 0 Å². The molecule has 0 radical (unpaired) electrons. The average molecular weight is 245 g/mol. The van der Waals surface area contributed by atoms with Crippen LogP contribution in [0.1, 0.15) is 20.3 Å². The molecule has 0 spiro atoms. The topological polar surface area (TPSA) is 72.9 Å². The minimum atomic E-state index is -0.269. The molecule has 1 unspecified atom stereocenters. The van der Waals surface area contributed by atoms with Crippen molar-refractivity contribution in [1.82, 2.24) is 9.78 Å². The number of anilines is 1. The van der Waals surface area contributed by atoms with Gasteiger partial charge in [0.15, 0.2) is 0 Å². The van der Waals surface area contributed by atoms with E-state index >= 15 is 0 Å². The maximum atomic E-state index is 11.6. The summed E-state index contributed by atoms with van der Waals surface area (Å²) in [6.45, 7) is 4.96. The molecule has 0 saturated heterocycles. The number of aromatic nitrogens is 2. The molecule has 5 nitrogen and oxygen atoms in total. The van der Waals surface area contributed by atoms with Gasteiger partial charge in [-0.2, -0.15) is 5.10 Å². The Balaban J connectivity index is 2.75. The first-order valence-corrected chi connectivity index (χ1v) is 5.69. The van der Waals surface area contributed by atoms with Gasteiger partial charge in [-0.15, -0.1) is 0 Å². The fourth-order valence-electron chi connectivity index (χ4n) is 1.25. The highest BCUT2D eigenvalue weighted by Gasteiger charge is 2.07. The number of rotatable bonds is 5. The van der Waals surface area contributed by atoms with Crippen molar-refractivity contribution >= 4 is 17.3 Å². The van der Waals surface area contributed by atoms with Crippen molar-refractivity contribution in [2.45, 2.75) is 32.9 Å². The molecule has 0 aromatic carbocycles. The Kier molecular flexibility index (Phi) is 4.76. The van der Waals surface area contributed by atoms with Crippen molar-refractivity contribution in [2.24, 2.45) is 5.73 Å². The summed E-state index contributed by atoms with van der Waals surface area (Å²) in [7, 11) is 0. The lowest BCUT2D eigenvalue weighted by atomic mass is 10.2. The highest BCUT2D eigenvalue weighted by atomic mass is 35.5. The third-order valence-corrected chi connectivity index (χ3v) is 2.56. The van der Waals surface area contributed by atoms with Gasteiger partial charge in [0.25, 0.3) is 5.56 Å². The molecule has 90 valence electrons. The van der Waals surface area contributed by atoms with Crippen LogP contribution >= 0.6 is 11.6 Å². The number of nitrogens with two attached hydrogens (primary N) is 1. The highest BCUT2D eigenvalue weighted by molar-refractivity contribution is 6.32. The zero-order valence-electron chi connectivity index (χ0n) is 9.53. The van der Waals surface area contributed by atoms with Gasteiger partial charge in [-0.3, -0.25) is 4.79 Å². The largest absolute Gasteiger partial charge is 0.382 e. The molecule has 16 heavy (non-hydrogen) atoms. The number of hydrogen-bond acceptors (Lipinski definition) is 4. The summed E-state index contributed by atoms with van der Waals surface area (Å²) in [4.78, 5) is 11.6. The Bertz CT molecular complexity index is 402. The number of nitrogens with one attached hydrogen (secondary N) is 1. The van der Waals surface area contributed by atoms with E-state index in [1.54, 1.807) is 6.20 Å². The Morgan fingerprint density at radius 1 is 1.69 bits per heavy atom. The molecule has 0 fully saturated rings. The Morgan fingerprint density at radius 3 is 2.94 bits per heavy atom. The predicted octanol–water partition coefficient (Wildman–Crippen LogP) is 1.07. The second-order valence-corrected chi connectivity index (χ2v) is 4.06. The maximum Gasteiger partial charge on any atom is 0.287 e. The van der Waals surface area contributed by atoms with Gasteiger partial charge in [0.2, 0.25) is 0 Å². The summed E-state index contributed by atoms with van der Waals surface area (Å²) in [5.74, 6) is 0. The van der Waals surface area contributed by atoms with Crippen molar-refractivity contribution < 1.29 is 0 Å². The zero-order chi connectivity index (χ0) is 12.1. The molecule has 0 aliphatic rings. The number of halogens is 1. The molecule has 0 aliphatic heterocycles. The molecule has 0 saturated carbocycles. The molecule has 1 atom stereocenters. The first-order valence-electron chi connectivity index (χ1n) is 5.31. The van der Waals surface area contributed by atoms with E-state index in [9.17, 15) is 4.79 Å². The fraction of sp³-hybridized carbons (Fsp3) is 0.600. The summed E-state index contributed by atoms with van der Waals surface area (Å²) in [5, 5.41) is 7.21. The van der Waals surface area contributed by atoms with Crippen molar-refractivity contribution in [2.75, 3.05) is 11.9 Å². The Morgan fingerprint density at radius 2 is 2.38 bits per heavy atom. The molecular weight excluding hydrogens is 228 g/mol. The van der Waals surface area contributed by atoms with Gasteiger partial charge >= 0.3 is 0 Å². The number of hydrogen-bond donors (Lipinski definition) is 2. The second kappa shape index (κ2) is 5.86. The molecule has 3 N–H and O–H groups in total. The van der Waals surface area contributed by atoms with Crippen LogP contribution in [0.5, 0.6) is 0 Å². The highest BCUT2D eigenvalue weighted by Crippen LogP contribution is 2.14. The van der Waals surface area contributed by atoms with Crippen LogP contribution in [0.3, 0.4) is 0 Å². The van der Waals surface area contributed by atoms with Crippen LogP contribution in [-0.4, -0.2) is 22.4 Å². The van der Waals surface area contributed by atoms with Gasteiger partial charge in [-0.25, -0.2) is 4.68 Å². The second-order valence-electron chi connectivity index (χ2n) is 3.69. The third-order valence-electron chi connectivity index (χ3n) is 2.20. The summed E-state index contributed by atoms with van der Waals surface area (Å²) < 4.78 is 1.32. The minimum Gasteiger partial charge on any atom is -0.382 e. The molecule has 0 aliphatic carbocycles. The first kappa shape index (κ1) is 13.0. The van der Waals surface area contributed by atoms with Crippen LogP contribution in [0.15, 0.2) is 11.0 Å². The van der Waals surface area contributed by atoms with Crippen LogP contribution in [0.4, 0.5) is 5.69 Å². The standard InChI is InChI=1S/C10H17ClN4O/c1-3-15-10(16)9(11)8(6-14-15)13-5-4-7(2)12/h6-7,13H,3-5,12H2,1-2H3. The number of nitrogens with zero attached hydrogens (tertiary/aromatic N) is 2. The van der Waals surface area contributed by atoms with E-state index in [4.69, 9.17) is 17.3 Å². The van der Waals surface area contributed by atoms with E-state index in [1.807, 2.05) is 13.8 Å². The summed E-state index contributed by atoms with van der Waals surface area (Å²) in [6, 6.07) is 0.121. The monoisotopic (exact) mass is 244 g/mol. The maximum absolute atomic E-state index is 11.6. The van der Waals surface area contributed by atoms with E-state index in [1.165, 1.54) is 4.68 Å². The lowest BCUT2D eigenvalue weighted by Gasteiger charge is -2.10. The smallest absolute Gasteiger partial charge is 0.287 e. The van der Waals surface area contributed by atoms with Gasteiger partial charge in [0.1, 0.15) is 5.02 Å². The molecule has 1 heterocycles.